The highest BCUT2D eigenvalue weighted by Gasteiger charge is 2.27. The maximum absolute atomic E-state index is 11.7. The minimum Gasteiger partial charge on any atom is -0.496 e. The van der Waals surface area contributed by atoms with Crippen LogP contribution >= 0.6 is 15.9 Å². The van der Waals surface area contributed by atoms with Crippen LogP contribution < -0.4 is 10.1 Å². The van der Waals surface area contributed by atoms with Gasteiger partial charge in [-0.2, -0.15) is 0 Å². The molecule has 0 bridgehead atoms. The molecule has 1 aromatic carbocycles. The van der Waals surface area contributed by atoms with E-state index in [-0.39, 0.29) is 18.1 Å². The summed E-state index contributed by atoms with van der Waals surface area (Å²) in [4.78, 5) is 11.7. The van der Waals surface area contributed by atoms with Crippen molar-refractivity contribution in [3.63, 3.8) is 0 Å². The average molecular weight is 326 g/mol. The van der Waals surface area contributed by atoms with Crippen LogP contribution in [0, 0.1) is 0 Å². The van der Waals surface area contributed by atoms with Gasteiger partial charge >= 0.3 is 0 Å². The van der Waals surface area contributed by atoms with Crippen molar-refractivity contribution in [3.05, 3.63) is 34.3 Å². The van der Waals surface area contributed by atoms with E-state index < -0.39 is 0 Å². The number of carbonyl (C=O) groups excluding carboxylic acids is 1. The molecule has 2 N–H and O–H groups in total. The summed E-state index contributed by atoms with van der Waals surface area (Å²) in [6, 6.07) is 5.70. The Bertz CT molecular complexity index is 495. The van der Waals surface area contributed by atoms with Crippen molar-refractivity contribution >= 4 is 27.9 Å². The Labute approximate surface area is 120 Å². The molecule has 0 spiro atoms. The van der Waals surface area contributed by atoms with E-state index in [9.17, 15) is 4.79 Å². The van der Waals surface area contributed by atoms with E-state index in [4.69, 9.17) is 9.84 Å². The number of amides is 1. The predicted octanol–water partition coefficient (Wildman–Crippen LogP) is 2.11. The molecule has 2 rings (SSSR count). The fraction of sp³-hybridized carbons (Fsp3) is 0.357. The number of methoxy groups -OCH3 is 1. The predicted molar refractivity (Wildman–Crippen MR) is 76.9 cm³/mol. The molecule has 1 aromatic rings. The van der Waals surface area contributed by atoms with Crippen molar-refractivity contribution in [3.8, 4) is 5.75 Å². The molecule has 0 atom stereocenters. The zero-order valence-corrected chi connectivity index (χ0v) is 12.2. The Morgan fingerprint density at radius 1 is 1.53 bits per heavy atom. The molecule has 1 aliphatic carbocycles. The smallest absolute Gasteiger partial charge is 0.244 e. The molecule has 1 fully saturated rings. The van der Waals surface area contributed by atoms with E-state index >= 15 is 0 Å². The van der Waals surface area contributed by atoms with Gasteiger partial charge in [-0.1, -0.05) is 15.9 Å². The fourth-order valence-electron chi connectivity index (χ4n) is 1.96. The normalized spacial score (nSPS) is 22.1. The van der Waals surface area contributed by atoms with Crippen molar-refractivity contribution in [2.75, 3.05) is 7.11 Å². The van der Waals surface area contributed by atoms with Crippen LogP contribution in [0.1, 0.15) is 18.4 Å². The third-order valence-electron chi connectivity index (χ3n) is 3.07. The SMILES string of the molecule is COc1ccc(Br)cc1C=CC(=O)NC1CC(O)C1. The molecule has 5 heteroatoms. The molecule has 19 heavy (non-hydrogen) atoms. The van der Waals surface area contributed by atoms with E-state index in [2.05, 4.69) is 21.2 Å². The molecule has 0 aromatic heterocycles. The van der Waals surface area contributed by atoms with Crippen LogP contribution in [0.25, 0.3) is 6.08 Å². The standard InChI is InChI=1S/C14H16BrNO3/c1-19-13-4-3-10(15)6-9(13)2-5-14(18)16-11-7-12(17)8-11/h2-6,11-12,17H,7-8H2,1H3,(H,16,18). The van der Waals surface area contributed by atoms with Gasteiger partial charge < -0.3 is 15.2 Å². The molecule has 0 aliphatic heterocycles. The van der Waals surface area contributed by atoms with Crippen molar-refractivity contribution < 1.29 is 14.6 Å². The summed E-state index contributed by atoms with van der Waals surface area (Å²) in [6.07, 6.45) is 4.21. The van der Waals surface area contributed by atoms with Crippen LogP contribution in [0.15, 0.2) is 28.7 Å². The van der Waals surface area contributed by atoms with Crippen LogP contribution in [-0.2, 0) is 4.79 Å². The Kier molecular flexibility index (Phi) is 4.61. The van der Waals surface area contributed by atoms with Gasteiger partial charge in [-0.25, -0.2) is 0 Å². The molecule has 0 radical (unpaired) electrons. The van der Waals surface area contributed by atoms with E-state index in [0.29, 0.717) is 18.6 Å². The summed E-state index contributed by atoms with van der Waals surface area (Å²) in [6.45, 7) is 0. The monoisotopic (exact) mass is 325 g/mol. The Hall–Kier alpha value is -1.33. The van der Waals surface area contributed by atoms with Gasteiger partial charge in [-0.15, -0.1) is 0 Å². The quantitative estimate of drug-likeness (QED) is 0.833. The van der Waals surface area contributed by atoms with Crippen LogP contribution in [0.5, 0.6) is 5.75 Å². The van der Waals surface area contributed by atoms with Crippen molar-refractivity contribution in [1.29, 1.82) is 0 Å². The number of aliphatic hydroxyl groups is 1. The highest BCUT2D eigenvalue weighted by Crippen LogP contribution is 2.24. The van der Waals surface area contributed by atoms with Crippen LogP contribution in [-0.4, -0.2) is 30.3 Å². The summed E-state index contributed by atoms with van der Waals surface area (Å²) in [5, 5.41) is 12.0. The summed E-state index contributed by atoms with van der Waals surface area (Å²) in [7, 11) is 1.59. The van der Waals surface area contributed by atoms with E-state index in [0.717, 1.165) is 10.0 Å². The molecular weight excluding hydrogens is 310 g/mol. The molecule has 0 saturated heterocycles. The number of aliphatic hydroxyl groups excluding tert-OH is 1. The number of halogens is 1. The Morgan fingerprint density at radius 2 is 2.26 bits per heavy atom. The largest absolute Gasteiger partial charge is 0.496 e. The zero-order chi connectivity index (χ0) is 13.8. The molecular formula is C14H16BrNO3. The first-order valence-electron chi connectivity index (χ1n) is 6.08. The first-order chi connectivity index (χ1) is 9.08. The van der Waals surface area contributed by atoms with Gasteiger partial charge in [-0.05, 0) is 37.1 Å². The number of ether oxygens (including phenoxy) is 1. The lowest BCUT2D eigenvalue weighted by molar-refractivity contribution is -0.118. The third-order valence-corrected chi connectivity index (χ3v) is 3.56. The summed E-state index contributed by atoms with van der Waals surface area (Å²) >= 11 is 3.38. The van der Waals surface area contributed by atoms with Gasteiger partial charge in [-0.3, -0.25) is 4.79 Å². The second-order valence-corrected chi connectivity index (χ2v) is 5.47. The van der Waals surface area contributed by atoms with E-state index in [1.54, 1.807) is 13.2 Å². The van der Waals surface area contributed by atoms with Crippen LogP contribution in [0.4, 0.5) is 0 Å². The number of nitrogens with one attached hydrogen (secondary N) is 1. The summed E-state index contributed by atoms with van der Waals surface area (Å²) in [5.74, 6) is 0.560. The number of rotatable bonds is 4. The van der Waals surface area contributed by atoms with Crippen molar-refractivity contribution in [1.82, 2.24) is 5.32 Å². The molecule has 1 saturated carbocycles. The van der Waals surface area contributed by atoms with Crippen LogP contribution in [0.2, 0.25) is 0 Å². The lowest BCUT2D eigenvalue weighted by atomic mass is 9.89. The average Bonchev–Trinajstić information content (AvgIpc) is 2.34. The number of hydrogen-bond donors (Lipinski definition) is 2. The van der Waals surface area contributed by atoms with Crippen LogP contribution in [0.3, 0.4) is 0 Å². The molecule has 0 heterocycles. The second-order valence-electron chi connectivity index (χ2n) is 4.55. The van der Waals surface area contributed by atoms with Gasteiger partial charge in [0.1, 0.15) is 5.75 Å². The third kappa shape index (κ3) is 3.81. The van der Waals surface area contributed by atoms with Gasteiger partial charge in [0.05, 0.1) is 13.2 Å². The van der Waals surface area contributed by atoms with Gasteiger partial charge in [0, 0.05) is 22.2 Å². The first-order valence-corrected chi connectivity index (χ1v) is 6.88. The maximum Gasteiger partial charge on any atom is 0.244 e. The highest BCUT2D eigenvalue weighted by atomic mass is 79.9. The Morgan fingerprint density at radius 3 is 2.89 bits per heavy atom. The lowest BCUT2D eigenvalue weighted by Gasteiger charge is -2.31. The number of carbonyl (C=O) groups is 1. The topological polar surface area (TPSA) is 58.6 Å². The van der Waals surface area contributed by atoms with Gasteiger partial charge in [0.15, 0.2) is 0 Å². The minimum atomic E-state index is -0.264. The minimum absolute atomic E-state index is 0.0940. The first kappa shape index (κ1) is 14.1. The Balaban J connectivity index is 1.97. The van der Waals surface area contributed by atoms with Crippen molar-refractivity contribution in [2.45, 2.75) is 25.0 Å². The number of benzene rings is 1. The lowest BCUT2D eigenvalue weighted by Crippen LogP contribution is -2.46. The maximum atomic E-state index is 11.7. The van der Waals surface area contributed by atoms with Gasteiger partial charge in [0.2, 0.25) is 5.91 Å². The number of hydrogen-bond acceptors (Lipinski definition) is 3. The van der Waals surface area contributed by atoms with E-state index in [1.807, 2.05) is 18.2 Å². The molecule has 0 unspecified atom stereocenters. The van der Waals surface area contributed by atoms with Gasteiger partial charge in [0.25, 0.3) is 0 Å². The highest BCUT2D eigenvalue weighted by molar-refractivity contribution is 9.10. The summed E-state index contributed by atoms with van der Waals surface area (Å²) < 4.78 is 6.15. The second kappa shape index (κ2) is 6.21. The fourth-order valence-corrected chi connectivity index (χ4v) is 2.33. The molecule has 4 nitrogen and oxygen atoms in total. The zero-order valence-electron chi connectivity index (χ0n) is 10.6. The van der Waals surface area contributed by atoms with Crippen molar-refractivity contribution in [2.24, 2.45) is 0 Å². The summed E-state index contributed by atoms with van der Waals surface area (Å²) in [5.41, 5.74) is 0.834. The molecule has 102 valence electrons. The molecule has 1 amide bonds. The van der Waals surface area contributed by atoms with E-state index in [1.165, 1.54) is 6.08 Å². The molecule has 1 aliphatic rings.